The van der Waals surface area contributed by atoms with Gasteiger partial charge in [-0.1, -0.05) is 0 Å². The number of aliphatic imine (C=N–C) groups is 1. The molecule has 0 radical (unpaired) electrons. The minimum Gasteiger partial charge on any atom is -0.347 e. The highest BCUT2D eigenvalue weighted by atomic mass is 19.4. The Kier molecular flexibility index (Phi) is 3.12. The van der Waals surface area contributed by atoms with Gasteiger partial charge in [0.15, 0.2) is 5.65 Å². The monoisotopic (exact) mass is 334 g/mol. The molecule has 0 fully saturated rings. The van der Waals surface area contributed by atoms with Crippen LogP contribution >= 0.6 is 0 Å². The predicted molar refractivity (Wildman–Crippen MR) is 83.2 cm³/mol. The lowest BCUT2D eigenvalue weighted by Crippen LogP contribution is -2.45. The smallest absolute Gasteiger partial charge is 0.347 e. The molecule has 0 aromatic carbocycles. The zero-order valence-corrected chi connectivity index (χ0v) is 12.6. The van der Waals surface area contributed by atoms with E-state index in [0.29, 0.717) is 28.3 Å². The van der Waals surface area contributed by atoms with Crippen LogP contribution in [-0.4, -0.2) is 44.7 Å². The highest BCUT2D eigenvalue weighted by Gasteiger charge is 2.42. The van der Waals surface area contributed by atoms with Gasteiger partial charge in [-0.05, 0) is 19.1 Å². The van der Waals surface area contributed by atoms with E-state index in [2.05, 4.69) is 20.1 Å². The fourth-order valence-corrected chi connectivity index (χ4v) is 2.75. The van der Waals surface area contributed by atoms with E-state index in [1.165, 1.54) is 4.90 Å². The molecular formula is C15H13F3N6. The minimum atomic E-state index is -4.33. The van der Waals surface area contributed by atoms with Crippen molar-refractivity contribution >= 4 is 17.7 Å². The second kappa shape index (κ2) is 5.08. The van der Waals surface area contributed by atoms with Crippen molar-refractivity contribution in [2.24, 2.45) is 4.99 Å². The van der Waals surface area contributed by atoms with E-state index in [4.69, 9.17) is 0 Å². The summed E-state index contributed by atoms with van der Waals surface area (Å²) in [7, 11) is 0. The highest BCUT2D eigenvalue weighted by molar-refractivity contribution is 5.97. The maximum absolute atomic E-state index is 13.1. The van der Waals surface area contributed by atoms with Crippen molar-refractivity contribution in [3.05, 3.63) is 36.3 Å². The molecule has 0 bridgehead atoms. The molecule has 0 unspecified atom stereocenters. The number of H-pyrrole nitrogens is 1. The molecule has 1 N–H and O–H groups in total. The van der Waals surface area contributed by atoms with Crippen molar-refractivity contribution in [3.8, 4) is 11.3 Å². The molecule has 0 spiro atoms. The Labute approximate surface area is 134 Å². The number of alkyl halides is 3. The Hall–Kier alpha value is -2.84. The predicted octanol–water partition coefficient (Wildman–Crippen LogP) is 2.87. The maximum atomic E-state index is 13.1. The van der Waals surface area contributed by atoms with Gasteiger partial charge in [-0.2, -0.15) is 18.3 Å². The van der Waals surface area contributed by atoms with E-state index in [1.54, 1.807) is 41.5 Å². The molecular weight excluding hydrogens is 321 g/mol. The van der Waals surface area contributed by atoms with Gasteiger partial charge in [0, 0.05) is 35.9 Å². The van der Waals surface area contributed by atoms with Crippen LogP contribution in [0.25, 0.3) is 16.9 Å². The van der Waals surface area contributed by atoms with Crippen molar-refractivity contribution in [3.63, 3.8) is 0 Å². The second-order valence-corrected chi connectivity index (χ2v) is 5.55. The third-order valence-corrected chi connectivity index (χ3v) is 4.11. The summed E-state index contributed by atoms with van der Waals surface area (Å²) in [5.41, 5.74) is 2.63. The first kappa shape index (κ1) is 14.7. The Morgan fingerprint density at radius 1 is 1.29 bits per heavy atom. The largest absolute Gasteiger partial charge is 0.408 e. The van der Waals surface area contributed by atoms with E-state index in [9.17, 15) is 13.2 Å². The van der Waals surface area contributed by atoms with Crippen LogP contribution in [0, 0.1) is 0 Å². The van der Waals surface area contributed by atoms with Crippen LogP contribution in [0.1, 0.15) is 12.5 Å². The van der Waals surface area contributed by atoms with E-state index in [0.717, 1.165) is 6.92 Å². The van der Waals surface area contributed by atoms with Crippen molar-refractivity contribution in [2.75, 3.05) is 11.6 Å². The lowest BCUT2D eigenvalue weighted by atomic mass is 10.1. The molecule has 3 aromatic rings. The van der Waals surface area contributed by atoms with Crippen LogP contribution in [0.15, 0.2) is 35.7 Å². The molecule has 9 heteroatoms. The highest BCUT2D eigenvalue weighted by Crippen LogP contribution is 2.35. The number of anilines is 1. The Balaban J connectivity index is 1.78. The van der Waals surface area contributed by atoms with E-state index >= 15 is 0 Å². The quantitative estimate of drug-likeness (QED) is 0.784. The second-order valence-electron chi connectivity index (χ2n) is 5.55. The fourth-order valence-electron chi connectivity index (χ4n) is 2.75. The molecule has 3 aromatic heterocycles. The van der Waals surface area contributed by atoms with Crippen LogP contribution in [0.2, 0.25) is 0 Å². The summed E-state index contributed by atoms with van der Waals surface area (Å²) in [6.07, 6.45) is 2.25. The first-order valence-electron chi connectivity index (χ1n) is 7.30. The molecule has 0 aliphatic carbocycles. The van der Waals surface area contributed by atoms with Gasteiger partial charge in [-0.15, -0.1) is 0 Å². The fraction of sp³-hybridized carbons (Fsp3) is 0.267. The lowest BCUT2D eigenvalue weighted by molar-refractivity contribution is -0.144. The number of halogens is 3. The number of rotatable bonds is 2. The van der Waals surface area contributed by atoms with Gasteiger partial charge in [0.1, 0.15) is 18.5 Å². The van der Waals surface area contributed by atoms with Crippen LogP contribution in [0.5, 0.6) is 0 Å². The number of hydrogen-bond donors (Lipinski definition) is 1. The molecule has 1 aliphatic heterocycles. The summed E-state index contributed by atoms with van der Waals surface area (Å²) in [4.78, 5) is 12.3. The van der Waals surface area contributed by atoms with E-state index < -0.39 is 12.2 Å². The summed E-state index contributed by atoms with van der Waals surface area (Å²) >= 11 is 0. The first-order chi connectivity index (χ1) is 11.4. The number of nitrogens with zero attached hydrogens (tertiary/aromatic N) is 5. The Morgan fingerprint density at radius 2 is 2.12 bits per heavy atom. The zero-order valence-electron chi connectivity index (χ0n) is 12.6. The minimum absolute atomic E-state index is 0.0401. The van der Waals surface area contributed by atoms with Crippen molar-refractivity contribution in [1.29, 1.82) is 0 Å². The number of aromatic nitrogens is 4. The number of fused-ring (bicyclic) bond motifs is 2. The molecule has 1 atom stereocenters. The number of nitrogens with one attached hydrogen (secondary N) is 1. The molecule has 24 heavy (non-hydrogen) atoms. The van der Waals surface area contributed by atoms with E-state index in [1.807, 2.05) is 0 Å². The topological polar surface area (TPSA) is 61.6 Å². The summed E-state index contributed by atoms with van der Waals surface area (Å²) in [5.74, 6) is 0.400. The average molecular weight is 334 g/mol. The van der Waals surface area contributed by atoms with Gasteiger partial charge in [0.05, 0.1) is 5.69 Å². The Bertz CT molecular complexity index is 923. The standard InChI is InChI=1S/C15H13F3N6/c1-9(15(16,17)18)23-8-19-6-11-10(7-21-14(11)23)12-2-3-13-20-4-5-24(13)22-12/h2-7,9,21H,8H2,1H3/t9-/m0/s1. The van der Waals surface area contributed by atoms with Crippen LogP contribution < -0.4 is 4.90 Å². The van der Waals surface area contributed by atoms with Gasteiger partial charge in [0.25, 0.3) is 0 Å². The molecule has 0 saturated carbocycles. The molecule has 1 aliphatic rings. The normalized spacial score (nSPS) is 15.8. The summed E-state index contributed by atoms with van der Waals surface area (Å²) in [5, 5.41) is 4.44. The SMILES string of the molecule is C[C@H](N1CN=Cc2c(-c3ccc4nccn4n3)c[nH]c21)C(F)(F)F. The zero-order chi connectivity index (χ0) is 16.9. The molecule has 0 saturated heterocycles. The van der Waals surface area contributed by atoms with Gasteiger partial charge < -0.3 is 9.88 Å². The van der Waals surface area contributed by atoms with Crippen LogP contribution in [0.3, 0.4) is 0 Å². The number of aromatic amines is 1. The summed E-state index contributed by atoms with van der Waals surface area (Å²) in [6, 6.07) is 1.95. The van der Waals surface area contributed by atoms with Gasteiger partial charge >= 0.3 is 6.18 Å². The van der Waals surface area contributed by atoms with Gasteiger partial charge in [-0.3, -0.25) is 4.99 Å². The third-order valence-electron chi connectivity index (χ3n) is 4.11. The van der Waals surface area contributed by atoms with Crippen molar-refractivity contribution in [2.45, 2.75) is 19.1 Å². The maximum Gasteiger partial charge on any atom is 0.408 e. The van der Waals surface area contributed by atoms with Crippen LogP contribution in [0.4, 0.5) is 19.0 Å². The molecule has 6 nitrogen and oxygen atoms in total. The average Bonchev–Trinajstić information content (AvgIpc) is 3.18. The molecule has 0 amide bonds. The first-order valence-corrected chi connectivity index (χ1v) is 7.30. The van der Waals surface area contributed by atoms with Crippen molar-refractivity contribution < 1.29 is 13.2 Å². The Morgan fingerprint density at radius 3 is 2.92 bits per heavy atom. The third kappa shape index (κ3) is 2.24. The van der Waals surface area contributed by atoms with Crippen LogP contribution in [-0.2, 0) is 0 Å². The summed E-state index contributed by atoms with van der Waals surface area (Å²) in [6.45, 7) is 1.09. The number of hydrogen-bond acceptors (Lipinski definition) is 4. The molecule has 124 valence electrons. The molecule has 4 rings (SSSR count). The van der Waals surface area contributed by atoms with Gasteiger partial charge in [-0.25, -0.2) is 9.50 Å². The number of imidazole rings is 1. The van der Waals surface area contributed by atoms with Gasteiger partial charge in [0.2, 0.25) is 0 Å². The summed E-state index contributed by atoms with van der Waals surface area (Å²) < 4.78 is 40.8. The van der Waals surface area contributed by atoms with E-state index in [-0.39, 0.29) is 6.67 Å². The lowest BCUT2D eigenvalue weighted by Gasteiger charge is -2.32. The molecule has 4 heterocycles. The van der Waals surface area contributed by atoms with Crippen molar-refractivity contribution in [1.82, 2.24) is 19.6 Å².